The molecule has 2 aliphatic heterocycles. The number of halogens is 2. The molecule has 0 bridgehead atoms. The van der Waals surface area contributed by atoms with Gasteiger partial charge >= 0.3 is 0 Å². The van der Waals surface area contributed by atoms with Crippen LogP contribution in [0.5, 0.6) is 0 Å². The number of likely N-dealkylation sites (tertiary alicyclic amines) is 1. The third kappa shape index (κ3) is 3.71. The van der Waals surface area contributed by atoms with Crippen molar-refractivity contribution in [1.82, 2.24) is 9.88 Å². The Labute approximate surface area is 166 Å². The lowest BCUT2D eigenvalue weighted by molar-refractivity contribution is -0.140. The number of rotatable bonds is 3. The van der Waals surface area contributed by atoms with Crippen molar-refractivity contribution in [3.05, 3.63) is 18.2 Å². The maximum Gasteiger partial charge on any atom is 0.251 e. The van der Waals surface area contributed by atoms with E-state index in [9.17, 15) is 22.0 Å². The normalized spacial score (nSPS) is 22.8. The van der Waals surface area contributed by atoms with Gasteiger partial charge in [-0.25, -0.2) is 22.2 Å². The van der Waals surface area contributed by atoms with Gasteiger partial charge < -0.3 is 9.80 Å². The Morgan fingerprint density at radius 2 is 1.96 bits per heavy atom. The van der Waals surface area contributed by atoms with E-state index in [1.807, 2.05) is 11.0 Å². The summed E-state index contributed by atoms with van der Waals surface area (Å²) in [5.41, 5.74) is 0.457. The molecule has 1 aromatic carbocycles. The minimum atomic E-state index is -3.38. The Balaban J connectivity index is 1.49. The number of carbonyl (C=O) groups is 1. The Morgan fingerprint density at radius 1 is 1.25 bits per heavy atom. The zero-order valence-corrected chi connectivity index (χ0v) is 17.0. The number of sulfone groups is 1. The van der Waals surface area contributed by atoms with Crippen molar-refractivity contribution in [2.24, 2.45) is 5.92 Å². The molecule has 2 fully saturated rings. The summed E-state index contributed by atoms with van der Waals surface area (Å²) in [6.07, 6.45) is 1.25. The van der Waals surface area contributed by atoms with E-state index in [-0.39, 0.29) is 42.7 Å². The van der Waals surface area contributed by atoms with Crippen molar-refractivity contribution in [3.63, 3.8) is 0 Å². The smallest absolute Gasteiger partial charge is 0.251 e. The number of thiazole rings is 1. The molecule has 1 atom stereocenters. The van der Waals surface area contributed by atoms with Crippen LogP contribution in [0, 0.1) is 5.92 Å². The average Bonchev–Trinajstić information content (AvgIpc) is 3.26. The first-order valence-electron chi connectivity index (χ1n) is 9.15. The summed E-state index contributed by atoms with van der Waals surface area (Å²) in [4.78, 5) is 21.0. The zero-order chi connectivity index (χ0) is 20.1. The van der Waals surface area contributed by atoms with Gasteiger partial charge in [-0.05, 0) is 18.6 Å². The largest absolute Gasteiger partial charge is 0.347 e. The van der Waals surface area contributed by atoms with Gasteiger partial charge in [0.25, 0.3) is 5.92 Å². The molecule has 1 aromatic heterocycles. The number of para-hydroxylation sites is 1. The molecule has 2 aliphatic rings. The van der Waals surface area contributed by atoms with E-state index in [0.717, 1.165) is 11.0 Å². The fourth-order valence-corrected chi connectivity index (χ4v) is 5.72. The fraction of sp³-hybridized carbons (Fsp3) is 0.556. The van der Waals surface area contributed by atoms with Gasteiger partial charge in [0.2, 0.25) is 5.91 Å². The predicted octanol–water partition coefficient (Wildman–Crippen LogP) is 2.78. The SMILES string of the molecule is CS(=O)(=O)c1cccc2sc(N3CCC(C(=O)N4CCC(F)(F)CC4)C3)nc12. The first kappa shape index (κ1) is 19.5. The van der Waals surface area contributed by atoms with Crippen LogP contribution >= 0.6 is 11.3 Å². The van der Waals surface area contributed by atoms with Gasteiger partial charge in [0.15, 0.2) is 15.0 Å². The van der Waals surface area contributed by atoms with Crippen molar-refractivity contribution in [3.8, 4) is 0 Å². The average molecular weight is 430 g/mol. The maximum atomic E-state index is 13.3. The minimum Gasteiger partial charge on any atom is -0.347 e. The van der Waals surface area contributed by atoms with E-state index in [1.165, 1.54) is 11.3 Å². The van der Waals surface area contributed by atoms with E-state index in [0.29, 0.717) is 30.2 Å². The fourth-order valence-electron chi connectivity index (χ4n) is 3.79. The van der Waals surface area contributed by atoms with Crippen molar-refractivity contribution >= 4 is 42.4 Å². The molecule has 1 amide bonds. The first-order chi connectivity index (χ1) is 13.1. The highest BCUT2D eigenvalue weighted by molar-refractivity contribution is 7.91. The summed E-state index contributed by atoms with van der Waals surface area (Å²) < 4.78 is 51.4. The lowest BCUT2D eigenvalue weighted by atomic mass is 10.0. The van der Waals surface area contributed by atoms with Crippen LogP contribution in [0.4, 0.5) is 13.9 Å². The second kappa shape index (κ2) is 6.91. The van der Waals surface area contributed by atoms with Crippen LogP contribution in [-0.2, 0) is 14.6 Å². The number of aromatic nitrogens is 1. The molecule has 0 N–H and O–H groups in total. The van der Waals surface area contributed by atoms with Crippen LogP contribution in [0.3, 0.4) is 0 Å². The number of anilines is 1. The lowest BCUT2D eigenvalue weighted by Gasteiger charge is -2.33. The summed E-state index contributed by atoms with van der Waals surface area (Å²) in [6, 6.07) is 5.07. The number of benzene rings is 1. The van der Waals surface area contributed by atoms with Crippen molar-refractivity contribution < 1.29 is 22.0 Å². The summed E-state index contributed by atoms with van der Waals surface area (Å²) in [5, 5.41) is 0.687. The number of hydrogen-bond acceptors (Lipinski definition) is 6. The van der Waals surface area contributed by atoms with Gasteiger partial charge in [-0.1, -0.05) is 17.4 Å². The highest BCUT2D eigenvalue weighted by Gasteiger charge is 2.39. The summed E-state index contributed by atoms with van der Waals surface area (Å²) in [5.74, 6) is -2.99. The van der Waals surface area contributed by atoms with Crippen molar-refractivity contribution in [1.29, 1.82) is 0 Å². The van der Waals surface area contributed by atoms with Gasteiger partial charge in [-0.3, -0.25) is 4.79 Å². The second-order valence-electron chi connectivity index (χ2n) is 7.48. The van der Waals surface area contributed by atoms with Crippen LogP contribution in [0.2, 0.25) is 0 Å². The van der Waals surface area contributed by atoms with E-state index >= 15 is 0 Å². The number of alkyl halides is 2. The molecule has 3 heterocycles. The summed E-state index contributed by atoms with van der Waals surface area (Å²) in [6.45, 7) is 1.30. The molecule has 0 radical (unpaired) electrons. The second-order valence-corrected chi connectivity index (χ2v) is 10.5. The zero-order valence-electron chi connectivity index (χ0n) is 15.4. The van der Waals surface area contributed by atoms with E-state index in [2.05, 4.69) is 4.98 Å². The summed E-state index contributed by atoms with van der Waals surface area (Å²) >= 11 is 1.40. The molecule has 0 saturated carbocycles. The number of nitrogens with zero attached hydrogens (tertiary/aromatic N) is 3. The van der Waals surface area contributed by atoms with E-state index < -0.39 is 15.8 Å². The van der Waals surface area contributed by atoms with Gasteiger partial charge in [-0.15, -0.1) is 0 Å². The van der Waals surface area contributed by atoms with Gasteiger partial charge in [-0.2, -0.15) is 0 Å². The monoisotopic (exact) mass is 429 g/mol. The van der Waals surface area contributed by atoms with E-state index in [4.69, 9.17) is 0 Å². The molecule has 0 spiro atoms. The van der Waals surface area contributed by atoms with Crippen LogP contribution in [-0.4, -0.2) is 62.6 Å². The molecule has 1 unspecified atom stereocenters. The quantitative estimate of drug-likeness (QED) is 0.750. The molecular formula is C18H21F2N3O3S2. The Bertz CT molecular complexity index is 1010. The highest BCUT2D eigenvalue weighted by Crippen LogP contribution is 2.36. The summed E-state index contributed by atoms with van der Waals surface area (Å²) in [7, 11) is -3.38. The third-order valence-corrected chi connectivity index (χ3v) is 7.59. The van der Waals surface area contributed by atoms with Crippen LogP contribution in [0.25, 0.3) is 10.2 Å². The number of piperidine rings is 1. The molecule has 4 rings (SSSR count). The van der Waals surface area contributed by atoms with Gasteiger partial charge in [0, 0.05) is 45.3 Å². The molecular weight excluding hydrogens is 408 g/mol. The maximum absolute atomic E-state index is 13.3. The Morgan fingerprint density at radius 3 is 2.64 bits per heavy atom. The van der Waals surface area contributed by atoms with Crippen molar-refractivity contribution in [2.45, 2.75) is 30.1 Å². The van der Waals surface area contributed by atoms with Gasteiger partial charge in [0.1, 0.15) is 5.52 Å². The highest BCUT2D eigenvalue weighted by atomic mass is 32.2. The molecule has 2 saturated heterocycles. The topological polar surface area (TPSA) is 70.6 Å². The molecule has 2 aromatic rings. The van der Waals surface area contributed by atoms with Crippen LogP contribution < -0.4 is 4.90 Å². The molecule has 10 heteroatoms. The van der Waals surface area contributed by atoms with Crippen LogP contribution in [0.1, 0.15) is 19.3 Å². The molecule has 152 valence electrons. The van der Waals surface area contributed by atoms with E-state index in [1.54, 1.807) is 17.0 Å². The standard InChI is InChI=1S/C18H21F2N3O3S2/c1-28(25,26)14-4-2-3-13-15(14)21-17(27-13)23-8-5-12(11-23)16(24)22-9-6-18(19,20)7-10-22/h2-4,12H,5-11H2,1H3. The predicted molar refractivity (Wildman–Crippen MR) is 104 cm³/mol. The third-order valence-electron chi connectivity index (χ3n) is 5.38. The number of amides is 1. The Kier molecular flexibility index (Phi) is 4.81. The van der Waals surface area contributed by atoms with Gasteiger partial charge in [0.05, 0.1) is 15.5 Å². The number of carbonyl (C=O) groups excluding carboxylic acids is 1. The van der Waals surface area contributed by atoms with Crippen molar-refractivity contribution in [2.75, 3.05) is 37.3 Å². The first-order valence-corrected chi connectivity index (χ1v) is 11.9. The number of fused-ring (bicyclic) bond motifs is 1. The number of hydrogen-bond donors (Lipinski definition) is 0. The lowest BCUT2D eigenvalue weighted by Crippen LogP contribution is -2.45. The molecule has 0 aliphatic carbocycles. The molecule has 28 heavy (non-hydrogen) atoms. The minimum absolute atomic E-state index is 0.0732. The molecule has 6 nitrogen and oxygen atoms in total. The Hall–Kier alpha value is -1.81. The van der Waals surface area contributed by atoms with Crippen LogP contribution in [0.15, 0.2) is 23.1 Å².